The van der Waals surface area contributed by atoms with E-state index in [0.717, 1.165) is 12.1 Å². The van der Waals surface area contributed by atoms with Crippen LogP contribution in [-0.4, -0.2) is 15.9 Å². The van der Waals surface area contributed by atoms with E-state index in [-0.39, 0.29) is 16.9 Å². The normalized spacial score (nSPS) is 12.4. The van der Waals surface area contributed by atoms with E-state index in [4.69, 9.17) is 5.26 Å². The number of nitrogens with one attached hydrogen (secondary N) is 2. The Morgan fingerprint density at radius 2 is 2.00 bits per heavy atom. The number of H-pyrrole nitrogens is 1. The number of nitrogens with zero attached hydrogens (tertiary/aromatic N) is 2. The number of fused-ring (bicyclic) bond motifs is 1. The molecule has 0 aliphatic carbocycles. The first-order valence-electron chi connectivity index (χ1n) is 8.22. The third-order valence-corrected chi connectivity index (χ3v) is 4.21. The van der Waals surface area contributed by atoms with E-state index in [1.54, 1.807) is 6.07 Å². The van der Waals surface area contributed by atoms with Gasteiger partial charge in [0.1, 0.15) is 11.8 Å². The zero-order chi connectivity index (χ0) is 21.3. The van der Waals surface area contributed by atoms with Gasteiger partial charge in [0.25, 0.3) is 11.5 Å². The Balaban J connectivity index is 1.96. The average Bonchev–Trinajstić information content (AvgIpc) is 2.70. The van der Waals surface area contributed by atoms with Crippen molar-refractivity contribution >= 4 is 16.8 Å². The van der Waals surface area contributed by atoms with Gasteiger partial charge < -0.3 is 10.3 Å². The molecule has 0 fully saturated rings. The Labute approximate surface area is 160 Å². The van der Waals surface area contributed by atoms with Gasteiger partial charge in [-0.15, -0.1) is 0 Å². The molecule has 2 N–H and O–H groups in total. The molecule has 0 aliphatic rings. The van der Waals surface area contributed by atoms with E-state index >= 15 is 0 Å². The molecular weight excluding hydrogens is 392 g/mol. The van der Waals surface area contributed by atoms with E-state index < -0.39 is 46.0 Å². The molecule has 3 rings (SSSR count). The van der Waals surface area contributed by atoms with Gasteiger partial charge in [-0.05, 0) is 37.3 Å². The van der Waals surface area contributed by atoms with E-state index in [2.05, 4.69) is 4.98 Å². The van der Waals surface area contributed by atoms with Crippen molar-refractivity contribution in [2.75, 3.05) is 0 Å². The number of hydrogen-bond donors (Lipinski definition) is 2. The van der Waals surface area contributed by atoms with Crippen molar-refractivity contribution in [2.45, 2.75) is 18.9 Å². The van der Waals surface area contributed by atoms with Gasteiger partial charge in [-0.1, -0.05) is 6.07 Å². The second-order valence-electron chi connectivity index (χ2n) is 6.16. The van der Waals surface area contributed by atoms with Crippen LogP contribution in [0.2, 0.25) is 0 Å². The van der Waals surface area contributed by atoms with Crippen LogP contribution >= 0.6 is 0 Å². The van der Waals surface area contributed by atoms with Crippen molar-refractivity contribution in [3.8, 4) is 6.07 Å². The molecule has 1 atom stereocenters. The number of carbonyl (C=O) groups is 1. The summed E-state index contributed by atoms with van der Waals surface area (Å²) in [4.78, 5) is 30.1. The smallest absolute Gasteiger partial charge is 0.342 e. The summed E-state index contributed by atoms with van der Waals surface area (Å²) in [6.07, 6.45) is 0. The number of aromatic nitrogens is 2. The Bertz CT molecular complexity index is 1220. The summed E-state index contributed by atoms with van der Waals surface area (Å²) in [5, 5.41) is 10.3. The summed E-state index contributed by atoms with van der Waals surface area (Å²) in [5.41, 5.74) is -2.67. The van der Waals surface area contributed by atoms with Crippen LogP contribution in [0.1, 0.15) is 29.9 Å². The Kier molecular flexibility index (Phi) is 5.07. The van der Waals surface area contributed by atoms with Crippen molar-refractivity contribution in [1.29, 1.82) is 5.26 Å². The van der Waals surface area contributed by atoms with Gasteiger partial charge in [0.05, 0.1) is 22.8 Å². The number of carbonyl (C=O) groups excluding carboxylic acids is 1. The molecule has 10 heteroatoms. The first-order valence-corrected chi connectivity index (χ1v) is 8.22. The maximum absolute atomic E-state index is 14.7. The molecule has 0 unspecified atom stereocenters. The van der Waals surface area contributed by atoms with Crippen LogP contribution in [0, 0.1) is 23.0 Å². The molecule has 0 saturated carbocycles. The predicted molar refractivity (Wildman–Crippen MR) is 93.9 cm³/mol. The molecule has 0 spiro atoms. The Hall–Kier alpha value is -3.74. The minimum Gasteiger partial charge on any atom is -0.342 e. The average molecular weight is 404 g/mol. The number of benzene rings is 1. The lowest BCUT2D eigenvalue weighted by atomic mass is 10.1. The van der Waals surface area contributed by atoms with Crippen molar-refractivity contribution < 1.29 is 22.4 Å². The van der Waals surface area contributed by atoms with Crippen LogP contribution in [-0.2, 0) is 10.7 Å². The highest BCUT2D eigenvalue weighted by molar-refractivity contribution is 5.87. The van der Waals surface area contributed by atoms with Crippen molar-refractivity contribution in [2.24, 2.45) is 0 Å². The lowest BCUT2D eigenvalue weighted by molar-refractivity contribution is -0.148. The first kappa shape index (κ1) is 20.0. The molecule has 2 aromatic heterocycles. The third kappa shape index (κ3) is 3.67. The van der Waals surface area contributed by atoms with Crippen LogP contribution in [0.25, 0.3) is 10.9 Å². The number of pyridine rings is 2. The standard InChI is InChI=1S/C19H12F4N4O2/c1-9(14-4-2-3-10(8-24)26-14)25-18(29)19(22,23)12-7-11-15(27-17(12)28)6-5-13(20)16(11)21/h2-7,9H,1H3,(H,25,29)(H,27,28)/t9-/m1/s1. The summed E-state index contributed by atoms with van der Waals surface area (Å²) < 4.78 is 56.7. The van der Waals surface area contributed by atoms with E-state index in [0.29, 0.717) is 6.07 Å². The summed E-state index contributed by atoms with van der Waals surface area (Å²) >= 11 is 0. The maximum Gasteiger partial charge on any atom is 0.355 e. The topological polar surface area (TPSA) is 98.6 Å². The van der Waals surface area contributed by atoms with Crippen LogP contribution in [0.15, 0.2) is 41.2 Å². The second-order valence-corrected chi connectivity index (χ2v) is 6.16. The van der Waals surface area contributed by atoms with Gasteiger partial charge in [0.2, 0.25) is 0 Å². The number of alkyl halides is 2. The minimum absolute atomic E-state index is 0.0267. The molecule has 0 bridgehead atoms. The molecule has 29 heavy (non-hydrogen) atoms. The second kappa shape index (κ2) is 7.35. The molecule has 2 heterocycles. The van der Waals surface area contributed by atoms with Gasteiger partial charge in [-0.25, -0.2) is 13.8 Å². The Morgan fingerprint density at radius 1 is 1.28 bits per heavy atom. The summed E-state index contributed by atoms with van der Waals surface area (Å²) in [5.74, 6) is -8.90. The van der Waals surface area contributed by atoms with Crippen molar-refractivity contribution in [1.82, 2.24) is 15.3 Å². The number of hydrogen-bond acceptors (Lipinski definition) is 4. The van der Waals surface area contributed by atoms with Crippen LogP contribution in [0.3, 0.4) is 0 Å². The van der Waals surface area contributed by atoms with Crippen molar-refractivity contribution in [3.05, 3.63) is 75.3 Å². The first-order chi connectivity index (χ1) is 13.6. The molecular formula is C19H12F4N4O2. The maximum atomic E-state index is 14.7. The lowest BCUT2D eigenvalue weighted by Crippen LogP contribution is -2.42. The van der Waals surface area contributed by atoms with Crippen LogP contribution < -0.4 is 10.9 Å². The number of halogens is 4. The Morgan fingerprint density at radius 3 is 2.69 bits per heavy atom. The van der Waals surface area contributed by atoms with Gasteiger partial charge >= 0.3 is 5.92 Å². The van der Waals surface area contributed by atoms with Crippen molar-refractivity contribution in [3.63, 3.8) is 0 Å². The van der Waals surface area contributed by atoms with Gasteiger partial charge in [-0.2, -0.15) is 14.0 Å². The quantitative estimate of drug-likeness (QED) is 0.653. The highest BCUT2D eigenvalue weighted by atomic mass is 19.3. The number of rotatable bonds is 4. The fourth-order valence-electron chi connectivity index (χ4n) is 2.69. The zero-order valence-electron chi connectivity index (χ0n) is 14.8. The molecule has 148 valence electrons. The van der Waals surface area contributed by atoms with E-state index in [1.807, 2.05) is 10.3 Å². The molecule has 3 aromatic rings. The minimum atomic E-state index is -4.35. The highest BCUT2D eigenvalue weighted by Crippen LogP contribution is 2.29. The SMILES string of the molecule is C[C@@H](NC(=O)C(F)(F)c1cc2c(F)c(F)ccc2[nH]c1=O)c1cccc(C#N)n1. The van der Waals surface area contributed by atoms with E-state index in [9.17, 15) is 27.2 Å². The number of amides is 1. The molecule has 6 nitrogen and oxygen atoms in total. The predicted octanol–water partition coefficient (Wildman–Crippen LogP) is 3.04. The molecule has 0 aliphatic heterocycles. The summed E-state index contributed by atoms with van der Waals surface area (Å²) in [6, 6.07) is 7.26. The molecule has 1 aromatic carbocycles. The highest BCUT2D eigenvalue weighted by Gasteiger charge is 2.44. The lowest BCUT2D eigenvalue weighted by Gasteiger charge is -2.20. The largest absolute Gasteiger partial charge is 0.355 e. The zero-order valence-corrected chi connectivity index (χ0v) is 14.8. The van der Waals surface area contributed by atoms with E-state index in [1.165, 1.54) is 25.1 Å². The fourth-order valence-corrected chi connectivity index (χ4v) is 2.69. The number of nitriles is 1. The third-order valence-electron chi connectivity index (χ3n) is 4.21. The number of aromatic amines is 1. The monoisotopic (exact) mass is 404 g/mol. The molecule has 1 amide bonds. The van der Waals surface area contributed by atoms with Gasteiger partial charge in [-0.3, -0.25) is 9.59 Å². The molecule has 0 radical (unpaired) electrons. The fraction of sp³-hybridized carbons (Fsp3) is 0.158. The van der Waals surface area contributed by atoms with Gasteiger partial charge in [0.15, 0.2) is 11.6 Å². The summed E-state index contributed by atoms with van der Waals surface area (Å²) in [6.45, 7) is 1.36. The van der Waals surface area contributed by atoms with Crippen LogP contribution in [0.5, 0.6) is 0 Å². The van der Waals surface area contributed by atoms with Gasteiger partial charge in [0, 0.05) is 5.39 Å². The van der Waals surface area contributed by atoms with Crippen LogP contribution in [0.4, 0.5) is 17.6 Å². The molecule has 0 saturated heterocycles. The summed E-state index contributed by atoms with van der Waals surface area (Å²) in [7, 11) is 0.